The molecule has 2 aromatic carbocycles. The predicted octanol–water partition coefficient (Wildman–Crippen LogP) is 4.84. The Morgan fingerprint density at radius 1 is 0.938 bits per heavy atom. The SMILES string of the molecule is Cc1cccc(NC(=O)Nc2ccc(C)c(OCc3cc(=O)n4cccc(C)c4n3)c2)c1. The van der Waals surface area contributed by atoms with Crippen LogP contribution in [0.1, 0.15) is 22.4 Å². The molecule has 2 heterocycles. The van der Waals surface area contributed by atoms with Gasteiger partial charge in [0.05, 0.1) is 5.69 Å². The molecule has 0 aliphatic rings. The first-order chi connectivity index (χ1) is 15.4. The molecule has 0 spiro atoms. The lowest BCUT2D eigenvalue weighted by molar-refractivity contribution is 0.262. The van der Waals surface area contributed by atoms with E-state index < -0.39 is 0 Å². The second-order valence-electron chi connectivity index (χ2n) is 7.69. The largest absolute Gasteiger partial charge is 0.487 e. The van der Waals surface area contributed by atoms with Crippen molar-refractivity contribution >= 4 is 23.1 Å². The van der Waals surface area contributed by atoms with E-state index >= 15 is 0 Å². The van der Waals surface area contributed by atoms with Crippen LogP contribution in [0.4, 0.5) is 16.2 Å². The second kappa shape index (κ2) is 8.93. The summed E-state index contributed by atoms with van der Waals surface area (Å²) < 4.78 is 7.46. The predicted molar refractivity (Wildman–Crippen MR) is 126 cm³/mol. The van der Waals surface area contributed by atoms with Crippen LogP contribution in [-0.2, 0) is 6.61 Å². The molecule has 7 heteroatoms. The third-order valence-electron chi connectivity index (χ3n) is 5.04. The number of anilines is 2. The molecule has 32 heavy (non-hydrogen) atoms. The fourth-order valence-corrected chi connectivity index (χ4v) is 3.38. The van der Waals surface area contributed by atoms with E-state index in [9.17, 15) is 9.59 Å². The molecule has 0 bridgehead atoms. The van der Waals surface area contributed by atoms with Crippen molar-refractivity contribution in [3.8, 4) is 5.75 Å². The number of nitrogens with zero attached hydrogens (tertiary/aromatic N) is 2. The molecule has 0 aliphatic carbocycles. The van der Waals surface area contributed by atoms with Crippen molar-refractivity contribution in [2.24, 2.45) is 0 Å². The number of aromatic nitrogens is 2. The lowest BCUT2D eigenvalue weighted by Gasteiger charge is -2.13. The highest BCUT2D eigenvalue weighted by Crippen LogP contribution is 2.24. The normalized spacial score (nSPS) is 10.7. The standard InChI is InChI=1S/C25H24N4O3/c1-16-6-4-8-19(12-16)27-25(31)28-20-10-9-17(2)22(13-20)32-15-21-14-23(30)29-11-5-7-18(3)24(29)26-21/h4-14H,15H2,1-3H3,(H2,27,28,31). The van der Waals surface area contributed by atoms with Gasteiger partial charge in [-0.25, -0.2) is 9.78 Å². The Bertz CT molecular complexity index is 1360. The summed E-state index contributed by atoms with van der Waals surface area (Å²) in [7, 11) is 0. The van der Waals surface area contributed by atoms with Crippen molar-refractivity contribution in [1.82, 2.24) is 9.38 Å². The molecular weight excluding hydrogens is 404 g/mol. The number of aryl methyl sites for hydroxylation is 3. The van der Waals surface area contributed by atoms with Crippen molar-refractivity contribution in [2.45, 2.75) is 27.4 Å². The fraction of sp³-hybridized carbons (Fsp3) is 0.160. The summed E-state index contributed by atoms with van der Waals surface area (Å²) in [6, 6.07) is 17.9. The Morgan fingerprint density at radius 3 is 2.50 bits per heavy atom. The van der Waals surface area contributed by atoms with E-state index in [1.54, 1.807) is 12.3 Å². The van der Waals surface area contributed by atoms with E-state index in [2.05, 4.69) is 15.6 Å². The molecule has 2 N–H and O–H groups in total. The van der Waals surface area contributed by atoms with Crippen LogP contribution in [0.5, 0.6) is 5.75 Å². The maximum Gasteiger partial charge on any atom is 0.323 e. The molecule has 162 valence electrons. The number of nitrogens with one attached hydrogen (secondary N) is 2. The van der Waals surface area contributed by atoms with Gasteiger partial charge < -0.3 is 15.4 Å². The summed E-state index contributed by atoms with van der Waals surface area (Å²) in [5.74, 6) is 0.602. The minimum absolute atomic E-state index is 0.139. The Hall–Kier alpha value is -4.13. The van der Waals surface area contributed by atoms with E-state index in [0.29, 0.717) is 22.8 Å². The van der Waals surface area contributed by atoms with Crippen molar-refractivity contribution in [2.75, 3.05) is 10.6 Å². The van der Waals surface area contributed by atoms with Crippen molar-refractivity contribution < 1.29 is 9.53 Å². The average Bonchev–Trinajstić information content (AvgIpc) is 2.75. The van der Waals surface area contributed by atoms with Gasteiger partial charge in [-0.1, -0.05) is 24.3 Å². The van der Waals surface area contributed by atoms with Crippen molar-refractivity contribution in [3.63, 3.8) is 0 Å². The molecule has 0 saturated heterocycles. The third kappa shape index (κ3) is 4.78. The highest BCUT2D eigenvalue weighted by molar-refractivity contribution is 5.99. The summed E-state index contributed by atoms with van der Waals surface area (Å²) in [5, 5.41) is 5.63. The van der Waals surface area contributed by atoms with Crippen molar-refractivity contribution in [1.29, 1.82) is 0 Å². The summed E-state index contributed by atoms with van der Waals surface area (Å²) >= 11 is 0. The first kappa shape index (κ1) is 21.1. The van der Waals surface area contributed by atoms with Crippen LogP contribution in [0.15, 0.2) is 71.7 Å². The van der Waals surface area contributed by atoms with Crippen LogP contribution in [0, 0.1) is 20.8 Å². The minimum Gasteiger partial charge on any atom is -0.487 e. The smallest absolute Gasteiger partial charge is 0.323 e. The number of carbonyl (C=O) groups is 1. The molecule has 4 rings (SSSR count). The average molecular weight is 428 g/mol. The summed E-state index contributed by atoms with van der Waals surface area (Å²) in [6.45, 7) is 5.93. The summed E-state index contributed by atoms with van der Waals surface area (Å²) in [4.78, 5) is 29.3. The maximum absolute atomic E-state index is 12.4. The van der Waals surface area contributed by atoms with Crippen LogP contribution in [-0.4, -0.2) is 15.4 Å². The molecule has 0 atom stereocenters. The molecule has 0 radical (unpaired) electrons. The fourth-order valence-electron chi connectivity index (χ4n) is 3.38. The van der Waals surface area contributed by atoms with Gasteiger partial charge in [0.1, 0.15) is 18.0 Å². The van der Waals surface area contributed by atoms with Gasteiger partial charge >= 0.3 is 6.03 Å². The summed E-state index contributed by atoms with van der Waals surface area (Å²) in [5.41, 5.74) is 5.19. The highest BCUT2D eigenvalue weighted by atomic mass is 16.5. The number of hydrogen-bond acceptors (Lipinski definition) is 4. The van der Waals surface area contributed by atoms with Gasteiger partial charge in [0.2, 0.25) is 0 Å². The van der Waals surface area contributed by atoms with E-state index in [4.69, 9.17) is 4.74 Å². The van der Waals surface area contributed by atoms with E-state index in [0.717, 1.165) is 22.4 Å². The maximum atomic E-state index is 12.4. The van der Waals surface area contributed by atoms with E-state index in [1.165, 1.54) is 10.5 Å². The van der Waals surface area contributed by atoms with Gasteiger partial charge in [-0.15, -0.1) is 0 Å². The van der Waals surface area contributed by atoms with Gasteiger partial charge in [-0.2, -0.15) is 0 Å². The molecule has 0 unspecified atom stereocenters. The zero-order valence-corrected chi connectivity index (χ0v) is 18.2. The van der Waals surface area contributed by atoms with Crippen LogP contribution < -0.4 is 20.9 Å². The van der Waals surface area contributed by atoms with Crippen LogP contribution in [0.2, 0.25) is 0 Å². The third-order valence-corrected chi connectivity index (χ3v) is 5.04. The van der Waals surface area contributed by atoms with Crippen LogP contribution in [0.3, 0.4) is 0 Å². The topological polar surface area (TPSA) is 84.7 Å². The molecule has 2 amide bonds. The second-order valence-corrected chi connectivity index (χ2v) is 7.69. The molecule has 2 aromatic heterocycles. The van der Waals surface area contributed by atoms with Gasteiger partial charge in [0, 0.05) is 29.7 Å². The molecule has 7 nitrogen and oxygen atoms in total. The Labute approximate surface area is 185 Å². The number of ether oxygens (including phenoxy) is 1. The number of amides is 2. The molecule has 0 fully saturated rings. The quantitative estimate of drug-likeness (QED) is 0.476. The number of benzene rings is 2. The minimum atomic E-state index is -0.343. The zero-order valence-electron chi connectivity index (χ0n) is 18.2. The van der Waals surface area contributed by atoms with Gasteiger partial charge in [-0.05, 0) is 61.7 Å². The lowest BCUT2D eigenvalue weighted by atomic mass is 10.2. The first-order valence-electron chi connectivity index (χ1n) is 10.2. The zero-order chi connectivity index (χ0) is 22.7. The number of urea groups is 1. The van der Waals surface area contributed by atoms with Crippen molar-refractivity contribution in [3.05, 3.63) is 99.6 Å². The molecule has 4 aromatic rings. The molecular formula is C25H24N4O3. The highest BCUT2D eigenvalue weighted by Gasteiger charge is 2.09. The van der Waals surface area contributed by atoms with E-state index in [1.807, 2.05) is 69.3 Å². The van der Waals surface area contributed by atoms with Gasteiger partial charge in [-0.3, -0.25) is 9.20 Å². The Kier molecular flexibility index (Phi) is 5.89. The molecule has 0 aliphatic heterocycles. The lowest BCUT2D eigenvalue weighted by Crippen LogP contribution is -2.19. The monoisotopic (exact) mass is 428 g/mol. The number of carbonyl (C=O) groups excluding carboxylic acids is 1. The van der Waals surface area contributed by atoms with Crippen LogP contribution >= 0.6 is 0 Å². The Balaban J connectivity index is 1.47. The van der Waals surface area contributed by atoms with Gasteiger partial charge in [0.15, 0.2) is 0 Å². The number of rotatable bonds is 5. The first-order valence-corrected chi connectivity index (χ1v) is 10.2. The van der Waals surface area contributed by atoms with E-state index in [-0.39, 0.29) is 18.2 Å². The number of pyridine rings is 1. The summed E-state index contributed by atoms with van der Waals surface area (Å²) in [6.07, 6.45) is 1.70. The van der Waals surface area contributed by atoms with Crippen LogP contribution in [0.25, 0.3) is 5.65 Å². The number of hydrogen-bond donors (Lipinski definition) is 2. The Morgan fingerprint density at radius 2 is 1.72 bits per heavy atom. The molecule has 0 saturated carbocycles. The number of fused-ring (bicyclic) bond motifs is 1. The van der Waals surface area contributed by atoms with Gasteiger partial charge in [0.25, 0.3) is 5.56 Å².